The molecule has 0 aliphatic carbocycles. The van der Waals surface area contributed by atoms with Crippen LogP contribution in [0.3, 0.4) is 0 Å². The molecule has 1 aromatic carbocycles. The molecule has 0 radical (unpaired) electrons. The van der Waals surface area contributed by atoms with Gasteiger partial charge >= 0.3 is 5.69 Å². The molecule has 0 amide bonds. The zero-order valence-electron chi connectivity index (χ0n) is 11.8. The molecular formula is C15H14N4O3. The Bertz CT molecular complexity index is 959. The largest absolute Gasteiger partial charge is 0.495 e. The lowest BCUT2D eigenvalue weighted by atomic mass is 10.0. The third kappa shape index (κ3) is 2.32. The zero-order chi connectivity index (χ0) is 15.7. The summed E-state index contributed by atoms with van der Waals surface area (Å²) in [7, 11) is 1.52. The number of ether oxygens (including phenoxy) is 1. The molecule has 2 heterocycles. The number of nitrogen functional groups attached to an aromatic ring is 1. The first-order valence-electron chi connectivity index (χ1n) is 6.61. The van der Waals surface area contributed by atoms with Gasteiger partial charge in [-0.1, -0.05) is 6.07 Å². The third-order valence-electron chi connectivity index (χ3n) is 3.48. The maximum atomic E-state index is 11.9. The molecule has 0 atom stereocenters. The van der Waals surface area contributed by atoms with Crippen LogP contribution in [0.5, 0.6) is 5.75 Å². The fourth-order valence-corrected chi connectivity index (χ4v) is 2.40. The van der Waals surface area contributed by atoms with Crippen molar-refractivity contribution in [2.45, 2.75) is 6.42 Å². The number of nitrogens with two attached hydrogens (primary N) is 1. The van der Waals surface area contributed by atoms with Crippen LogP contribution in [0.15, 0.2) is 40.2 Å². The molecule has 4 N–H and O–H groups in total. The number of H-pyrrole nitrogens is 2. The summed E-state index contributed by atoms with van der Waals surface area (Å²) < 4.78 is 5.27. The average Bonchev–Trinajstić information content (AvgIpc) is 2.52. The molecule has 0 saturated carbocycles. The second-order valence-electron chi connectivity index (χ2n) is 4.83. The number of nitrogens with one attached hydrogen (secondary N) is 2. The first kappa shape index (κ1) is 13.9. The van der Waals surface area contributed by atoms with E-state index in [1.54, 1.807) is 18.3 Å². The molecule has 0 unspecified atom stereocenters. The van der Waals surface area contributed by atoms with E-state index >= 15 is 0 Å². The highest BCUT2D eigenvalue weighted by atomic mass is 16.5. The number of anilines is 1. The predicted octanol–water partition coefficient (Wildman–Crippen LogP) is 0.793. The second-order valence-corrected chi connectivity index (χ2v) is 4.83. The van der Waals surface area contributed by atoms with E-state index in [0.717, 1.165) is 10.9 Å². The molecule has 22 heavy (non-hydrogen) atoms. The highest BCUT2D eigenvalue weighted by Crippen LogP contribution is 2.32. The van der Waals surface area contributed by atoms with Gasteiger partial charge in [0.1, 0.15) is 11.4 Å². The monoisotopic (exact) mass is 298 g/mol. The van der Waals surface area contributed by atoms with Crippen LogP contribution in [0.2, 0.25) is 0 Å². The molecule has 3 aromatic rings. The number of fused-ring (bicyclic) bond motifs is 1. The highest BCUT2D eigenvalue weighted by molar-refractivity contribution is 5.95. The predicted molar refractivity (Wildman–Crippen MR) is 83.2 cm³/mol. The minimum absolute atomic E-state index is 0.324. The lowest BCUT2D eigenvalue weighted by molar-refractivity contribution is 0.417. The summed E-state index contributed by atoms with van der Waals surface area (Å²) in [6, 6.07) is 5.46. The molecular weight excluding hydrogens is 284 g/mol. The third-order valence-corrected chi connectivity index (χ3v) is 3.48. The van der Waals surface area contributed by atoms with Crippen LogP contribution in [0.1, 0.15) is 11.1 Å². The molecule has 0 spiro atoms. The number of aromatic amines is 2. The topological polar surface area (TPSA) is 114 Å². The molecule has 7 nitrogen and oxygen atoms in total. The van der Waals surface area contributed by atoms with Crippen LogP contribution in [0.25, 0.3) is 10.9 Å². The Morgan fingerprint density at radius 2 is 2.14 bits per heavy atom. The molecule has 2 aromatic heterocycles. The van der Waals surface area contributed by atoms with Gasteiger partial charge in [0, 0.05) is 29.8 Å². The van der Waals surface area contributed by atoms with E-state index in [1.807, 2.05) is 6.07 Å². The Labute approximate surface area is 124 Å². The summed E-state index contributed by atoms with van der Waals surface area (Å²) in [6.45, 7) is 0. The maximum absolute atomic E-state index is 11.9. The van der Waals surface area contributed by atoms with Crippen molar-refractivity contribution in [3.63, 3.8) is 0 Å². The van der Waals surface area contributed by atoms with Gasteiger partial charge in [0.05, 0.1) is 12.6 Å². The number of methoxy groups -OCH3 is 1. The van der Waals surface area contributed by atoms with Crippen molar-refractivity contribution in [3.05, 3.63) is 62.6 Å². The fourth-order valence-electron chi connectivity index (χ4n) is 2.40. The quantitative estimate of drug-likeness (QED) is 0.619. The van der Waals surface area contributed by atoms with Crippen molar-refractivity contribution >= 4 is 16.6 Å². The number of hydrogen-bond donors (Lipinski definition) is 3. The molecule has 0 fully saturated rings. The van der Waals surface area contributed by atoms with Gasteiger partial charge in [0.2, 0.25) is 0 Å². The number of hydrogen-bond acceptors (Lipinski definition) is 5. The van der Waals surface area contributed by atoms with Crippen LogP contribution in [-0.4, -0.2) is 22.1 Å². The highest BCUT2D eigenvalue weighted by Gasteiger charge is 2.13. The van der Waals surface area contributed by atoms with Gasteiger partial charge in [-0.2, -0.15) is 0 Å². The van der Waals surface area contributed by atoms with Crippen LogP contribution in [-0.2, 0) is 6.42 Å². The molecule has 0 aliphatic heterocycles. The first-order valence-corrected chi connectivity index (χ1v) is 6.61. The normalized spacial score (nSPS) is 10.8. The molecule has 3 rings (SSSR count). The van der Waals surface area contributed by atoms with Crippen LogP contribution in [0.4, 0.5) is 5.69 Å². The summed E-state index contributed by atoms with van der Waals surface area (Å²) in [5, 5.41) is 0.839. The molecule has 7 heteroatoms. The number of nitrogens with zero attached hydrogens (tertiary/aromatic N) is 1. The molecule has 112 valence electrons. The summed E-state index contributed by atoms with van der Waals surface area (Å²) in [5.41, 5.74) is 7.45. The second kappa shape index (κ2) is 5.36. The van der Waals surface area contributed by atoms with Gasteiger partial charge in [0.15, 0.2) is 0 Å². The molecule has 0 aliphatic rings. The Morgan fingerprint density at radius 3 is 2.86 bits per heavy atom. The summed E-state index contributed by atoms with van der Waals surface area (Å²) in [6.07, 6.45) is 3.38. The van der Waals surface area contributed by atoms with Crippen molar-refractivity contribution in [3.8, 4) is 5.75 Å². The maximum Gasteiger partial charge on any atom is 0.325 e. The van der Waals surface area contributed by atoms with E-state index in [9.17, 15) is 9.59 Å². The Morgan fingerprint density at radius 1 is 1.32 bits per heavy atom. The minimum atomic E-state index is -0.532. The van der Waals surface area contributed by atoms with Gasteiger partial charge in [-0.15, -0.1) is 0 Å². The summed E-state index contributed by atoms with van der Waals surface area (Å²) in [4.78, 5) is 31.9. The summed E-state index contributed by atoms with van der Waals surface area (Å²) in [5.74, 6) is 0.502. The lowest BCUT2D eigenvalue weighted by Gasteiger charge is -2.12. The van der Waals surface area contributed by atoms with Crippen LogP contribution >= 0.6 is 0 Å². The van der Waals surface area contributed by atoms with Crippen LogP contribution < -0.4 is 21.7 Å². The van der Waals surface area contributed by atoms with E-state index in [1.165, 1.54) is 13.3 Å². The van der Waals surface area contributed by atoms with Crippen LogP contribution in [0, 0.1) is 0 Å². The van der Waals surface area contributed by atoms with Gasteiger partial charge in [-0.25, -0.2) is 4.79 Å². The minimum Gasteiger partial charge on any atom is -0.495 e. The van der Waals surface area contributed by atoms with Crippen molar-refractivity contribution < 1.29 is 4.74 Å². The molecule has 0 bridgehead atoms. The SMILES string of the molecule is COc1cc(Cc2c[nH]c(=O)[nH]c2=O)c2cccnc2c1N. The van der Waals surface area contributed by atoms with E-state index in [2.05, 4.69) is 15.0 Å². The fraction of sp³-hybridized carbons (Fsp3) is 0.133. The Kier molecular flexibility index (Phi) is 3.38. The van der Waals surface area contributed by atoms with Crippen molar-refractivity contribution in [2.75, 3.05) is 12.8 Å². The van der Waals surface area contributed by atoms with Gasteiger partial charge in [0.25, 0.3) is 5.56 Å². The van der Waals surface area contributed by atoms with E-state index in [-0.39, 0.29) is 0 Å². The van der Waals surface area contributed by atoms with Crippen molar-refractivity contribution in [2.24, 2.45) is 0 Å². The molecule has 0 saturated heterocycles. The smallest absolute Gasteiger partial charge is 0.325 e. The van der Waals surface area contributed by atoms with E-state index < -0.39 is 11.2 Å². The van der Waals surface area contributed by atoms with E-state index in [0.29, 0.717) is 28.9 Å². The Hall–Kier alpha value is -3.09. The number of aromatic nitrogens is 3. The Balaban J connectivity index is 2.20. The van der Waals surface area contributed by atoms with Crippen molar-refractivity contribution in [1.29, 1.82) is 0 Å². The first-order chi connectivity index (χ1) is 10.6. The van der Waals surface area contributed by atoms with E-state index in [4.69, 9.17) is 10.5 Å². The number of pyridine rings is 1. The van der Waals surface area contributed by atoms with Crippen molar-refractivity contribution in [1.82, 2.24) is 15.0 Å². The standard InChI is InChI=1S/C15H14N4O3/c1-22-11-6-8(5-9-7-18-15(21)19-14(9)20)10-3-2-4-17-13(10)12(11)16/h2-4,6-7H,5,16H2,1H3,(H2,18,19,20,21). The van der Waals surface area contributed by atoms with Gasteiger partial charge < -0.3 is 15.5 Å². The zero-order valence-corrected chi connectivity index (χ0v) is 11.8. The number of rotatable bonds is 3. The summed E-state index contributed by atoms with van der Waals surface area (Å²) >= 11 is 0. The number of benzene rings is 1. The lowest BCUT2D eigenvalue weighted by Crippen LogP contribution is -2.24. The van der Waals surface area contributed by atoms with Gasteiger partial charge in [-0.05, 0) is 17.7 Å². The average molecular weight is 298 g/mol. The van der Waals surface area contributed by atoms with Gasteiger partial charge in [-0.3, -0.25) is 14.8 Å².